The van der Waals surface area contributed by atoms with Gasteiger partial charge in [-0.2, -0.15) is 18.3 Å². The second-order valence-corrected chi connectivity index (χ2v) is 6.51. The lowest BCUT2D eigenvalue weighted by Gasteiger charge is -2.22. The lowest BCUT2D eigenvalue weighted by Crippen LogP contribution is -2.26. The third kappa shape index (κ3) is 4.31. The lowest BCUT2D eigenvalue weighted by molar-refractivity contribution is -0.137. The number of halogens is 3. The Bertz CT molecular complexity index is 987. The van der Waals surface area contributed by atoms with Gasteiger partial charge < -0.3 is 10.2 Å². The number of nitrogens with one attached hydrogen (secondary N) is 1. The lowest BCUT2D eigenvalue weighted by atomic mass is 10.2. The Labute approximate surface area is 166 Å². The van der Waals surface area contributed by atoms with E-state index < -0.39 is 11.7 Å². The van der Waals surface area contributed by atoms with Gasteiger partial charge in [0.25, 0.3) is 0 Å². The van der Waals surface area contributed by atoms with Crippen molar-refractivity contribution in [3.63, 3.8) is 0 Å². The average molecular weight is 397 g/mol. The molecule has 0 aliphatic carbocycles. The summed E-state index contributed by atoms with van der Waals surface area (Å²) in [6.45, 7) is 1.04. The summed E-state index contributed by atoms with van der Waals surface area (Å²) in [6, 6.07) is 16.7. The van der Waals surface area contributed by atoms with Crippen LogP contribution in [0.4, 0.5) is 30.2 Å². The smallest absolute Gasteiger partial charge is 0.379 e. The fraction of sp³-hybridized carbons (Fsp3) is 0.143. The largest absolute Gasteiger partial charge is 0.416 e. The molecule has 0 saturated heterocycles. The van der Waals surface area contributed by atoms with Crippen LogP contribution in [0.25, 0.3) is 0 Å². The second-order valence-electron chi connectivity index (χ2n) is 6.51. The number of hydrogen-bond acceptors (Lipinski definition) is 5. The first-order valence-corrected chi connectivity index (χ1v) is 8.98. The molecule has 2 aromatic carbocycles. The van der Waals surface area contributed by atoms with Crippen molar-refractivity contribution in [1.82, 2.24) is 4.98 Å². The Morgan fingerprint density at radius 2 is 1.66 bits per heavy atom. The minimum Gasteiger partial charge on any atom is -0.379 e. The minimum absolute atomic E-state index is 0.402. The Morgan fingerprint density at radius 1 is 0.931 bits per heavy atom. The first kappa shape index (κ1) is 18.8. The Morgan fingerprint density at radius 3 is 2.38 bits per heavy atom. The normalized spacial score (nSPS) is 13.8. The van der Waals surface area contributed by atoms with Gasteiger partial charge in [-0.15, -0.1) is 0 Å². The van der Waals surface area contributed by atoms with Crippen molar-refractivity contribution in [1.29, 1.82) is 0 Å². The molecule has 148 valence electrons. The van der Waals surface area contributed by atoms with Crippen LogP contribution in [-0.2, 0) is 12.7 Å². The summed E-state index contributed by atoms with van der Waals surface area (Å²) in [5.74, 6) is 0. The van der Waals surface area contributed by atoms with Gasteiger partial charge in [-0.3, -0.25) is 4.98 Å². The van der Waals surface area contributed by atoms with E-state index in [0.717, 1.165) is 29.1 Å². The first-order chi connectivity index (χ1) is 14.0. The maximum atomic E-state index is 12.8. The summed E-state index contributed by atoms with van der Waals surface area (Å²) in [4.78, 5) is 5.81. The number of anilines is 3. The van der Waals surface area contributed by atoms with E-state index in [1.165, 1.54) is 12.1 Å². The fourth-order valence-corrected chi connectivity index (χ4v) is 3.02. The van der Waals surface area contributed by atoms with Gasteiger partial charge in [0.05, 0.1) is 16.9 Å². The maximum Gasteiger partial charge on any atom is 0.416 e. The van der Waals surface area contributed by atoms with Crippen LogP contribution >= 0.6 is 0 Å². The van der Waals surface area contributed by atoms with E-state index in [0.29, 0.717) is 18.9 Å². The molecule has 4 rings (SSSR count). The monoisotopic (exact) mass is 397 g/mol. The molecule has 0 saturated carbocycles. The third-order valence-corrected chi connectivity index (χ3v) is 4.56. The van der Waals surface area contributed by atoms with Crippen molar-refractivity contribution < 1.29 is 13.2 Å². The maximum absolute atomic E-state index is 12.8. The van der Waals surface area contributed by atoms with Crippen LogP contribution in [0.2, 0.25) is 0 Å². The zero-order valence-corrected chi connectivity index (χ0v) is 15.3. The molecule has 0 bridgehead atoms. The SMILES string of the molecule is FC(F)(F)c1ccc(N2C=NN(c3ccccc3NCc3ccncc3)C2)cc1. The number of benzene rings is 2. The topological polar surface area (TPSA) is 43.8 Å². The quantitative estimate of drug-likeness (QED) is 0.662. The van der Waals surface area contributed by atoms with E-state index >= 15 is 0 Å². The molecule has 29 heavy (non-hydrogen) atoms. The molecule has 1 aromatic heterocycles. The molecule has 0 spiro atoms. The molecule has 2 heterocycles. The number of nitrogens with zero attached hydrogens (tertiary/aromatic N) is 4. The highest BCUT2D eigenvalue weighted by Crippen LogP contribution is 2.32. The minimum atomic E-state index is -4.34. The standard InChI is InChI=1S/C21H18F3N5/c22-21(23,24)17-5-7-18(8-6-17)28-14-27-29(15-28)20-4-2-1-3-19(20)26-13-16-9-11-25-12-10-16/h1-12,14,26H,13,15H2. The molecule has 5 nitrogen and oxygen atoms in total. The Kier molecular flexibility index (Phi) is 5.07. The summed E-state index contributed by atoms with van der Waals surface area (Å²) >= 11 is 0. The Hall–Kier alpha value is -3.55. The molecule has 1 N–H and O–H groups in total. The van der Waals surface area contributed by atoms with Gasteiger partial charge in [0.2, 0.25) is 0 Å². The number of alkyl halides is 3. The molecule has 1 aliphatic rings. The van der Waals surface area contributed by atoms with E-state index in [9.17, 15) is 13.2 Å². The fourth-order valence-electron chi connectivity index (χ4n) is 3.02. The van der Waals surface area contributed by atoms with Gasteiger partial charge in [-0.05, 0) is 54.1 Å². The molecule has 8 heteroatoms. The van der Waals surface area contributed by atoms with Gasteiger partial charge in [-0.1, -0.05) is 12.1 Å². The van der Waals surface area contributed by atoms with Crippen molar-refractivity contribution in [2.75, 3.05) is 21.9 Å². The molecule has 0 amide bonds. The number of para-hydroxylation sites is 2. The van der Waals surface area contributed by atoms with E-state index in [1.54, 1.807) is 28.6 Å². The number of hydrogen-bond donors (Lipinski definition) is 1. The first-order valence-electron chi connectivity index (χ1n) is 8.98. The number of hydrazone groups is 1. The van der Waals surface area contributed by atoms with Crippen LogP contribution < -0.4 is 15.2 Å². The number of pyridine rings is 1. The van der Waals surface area contributed by atoms with Crippen LogP contribution in [-0.4, -0.2) is 18.0 Å². The highest BCUT2D eigenvalue weighted by atomic mass is 19.4. The van der Waals surface area contributed by atoms with E-state index in [-0.39, 0.29) is 0 Å². The molecule has 0 unspecified atom stereocenters. The average Bonchev–Trinajstić information content (AvgIpc) is 3.23. The molecule has 3 aromatic rings. The molecule has 0 fully saturated rings. The van der Waals surface area contributed by atoms with Crippen molar-refractivity contribution in [3.05, 3.63) is 84.2 Å². The molecule has 1 aliphatic heterocycles. The second kappa shape index (κ2) is 7.83. The van der Waals surface area contributed by atoms with Crippen LogP contribution in [0.5, 0.6) is 0 Å². The van der Waals surface area contributed by atoms with Gasteiger partial charge in [-0.25, -0.2) is 5.01 Å². The van der Waals surface area contributed by atoms with Gasteiger partial charge in [0, 0.05) is 24.6 Å². The predicted molar refractivity (Wildman–Crippen MR) is 108 cm³/mol. The summed E-state index contributed by atoms with van der Waals surface area (Å²) in [6.07, 6.45) is 0.760. The predicted octanol–water partition coefficient (Wildman–Crippen LogP) is 4.94. The van der Waals surface area contributed by atoms with E-state index in [2.05, 4.69) is 15.4 Å². The zero-order chi connectivity index (χ0) is 20.3. The van der Waals surface area contributed by atoms with Crippen LogP contribution in [0, 0.1) is 0 Å². The summed E-state index contributed by atoms with van der Waals surface area (Å²) in [7, 11) is 0. The van der Waals surface area contributed by atoms with Crippen LogP contribution in [0.15, 0.2) is 78.2 Å². The summed E-state index contributed by atoms with van der Waals surface area (Å²) in [5.41, 5.74) is 2.88. The molecule has 0 atom stereocenters. The third-order valence-electron chi connectivity index (χ3n) is 4.56. The van der Waals surface area contributed by atoms with Crippen molar-refractivity contribution >= 4 is 23.4 Å². The number of aromatic nitrogens is 1. The molecular formula is C21H18F3N5. The van der Waals surface area contributed by atoms with E-state index in [4.69, 9.17) is 0 Å². The van der Waals surface area contributed by atoms with Crippen molar-refractivity contribution in [2.45, 2.75) is 12.7 Å². The van der Waals surface area contributed by atoms with Gasteiger partial charge in [0.15, 0.2) is 0 Å². The van der Waals surface area contributed by atoms with E-state index in [1.807, 2.05) is 36.4 Å². The van der Waals surface area contributed by atoms with Gasteiger partial charge >= 0.3 is 6.18 Å². The zero-order valence-electron chi connectivity index (χ0n) is 15.3. The Balaban J connectivity index is 1.46. The molecular weight excluding hydrogens is 379 g/mol. The van der Waals surface area contributed by atoms with Crippen LogP contribution in [0.3, 0.4) is 0 Å². The highest BCUT2D eigenvalue weighted by molar-refractivity contribution is 5.85. The summed E-state index contributed by atoms with van der Waals surface area (Å²) < 4.78 is 38.3. The van der Waals surface area contributed by atoms with Crippen molar-refractivity contribution in [2.24, 2.45) is 5.10 Å². The number of rotatable bonds is 5. The molecule has 0 radical (unpaired) electrons. The summed E-state index contributed by atoms with van der Waals surface area (Å²) in [5, 5.41) is 9.61. The van der Waals surface area contributed by atoms with Crippen LogP contribution in [0.1, 0.15) is 11.1 Å². The van der Waals surface area contributed by atoms with Gasteiger partial charge in [0.1, 0.15) is 13.0 Å². The van der Waals surface area contributed by atoms with Crippen molar-refractivity contribution in [3.8, 4) is 0 Å². The highest BCUT2D eigenvalue weighted by Gasteiger charge is 2.30.